The molecule has 0 unspecified atom stereocenters. The van der Waals surface area contributed by atoms with E-state index in [4.69, 9.17) is 13.7 Å². The number of rotatable bonds is 4. The van der Waals surface area contributed by atoms with Crippen molar-refractivity contribution in [2.24, 2.45) is 0 Å². The molecule has 30 heavy (non-hydrogen) atoms. The summed E-state index contributed by atoms with van der Waals surface area (Å²) in [6.07, 6.45) is 0.808. The van der Waals surface area contributed by atoms with Crippen LogP contribution < -0.4 is 13.7 Å². The number of aryl methyl sites for hydroxylation is 1. The van der Waals surface area contributed by atoms with Crippen molar-refractivity contribution in [1.29, 1.82) is 0 Å². The summed E-state index contributed by atoms with van der Waals surface area (Å²) in [5.41, 5.74) is -2.76. The number of halogens is 3. The van der Waals surface area contributed by atoms with E-state index in [2.05, 4.69) is 0 Å². The molecule has 0 saturated heterocycles. The summed E-state index contributed by atoms with van der Waals surface area (Å²) in [5.74, 6) is 0.719. The van der Waals surface area contributed by atoms with Gasteiger partial charge in [0.15, 0.2) is 5.75 Å². The molecule has 0 radical (unpaired) electrons. The first-order valence-corrected chi connectivity index (χ1v) is 10.4. The molecule has 3 aromatic rings. The lowest BCUT2D eigenvalue weighted by molar-refractivity contribution is -0.0499. The normalized spacial score (nSPS) is 13.5. The van der Waals surface area contributed by atoms with Gasteiger partial charge in [-0.05, 0) is 65.3 Å². The van der Waals surface area contributed by atoms with Crippen LogP contribution in [0.3, 0.4) is 0 Å². The van der Waals surface area contributed by atoms with Crippen LogP contribution in [0, 0.1) is 0 Å². The first kappa shape index (κ1) is 20.3. The van der Waals surface area contributed by atoms with Gasteiger partial charge < -0.3 is 13.7 Å². The zero-order valence-electron chi connectivity index (χ0n) is 16.0. The molecule has 0 atom stereocenters. The number of ether oxygens (including phenoxy) is 2. The van der Waals surface area contributed by atoms with Crippen molar-refractivity contribution in [2.75, 3.05) is 14.2 Å². The zero-order chi connectivity index (χ0) is 21.7. The second kappa shape index (κ2) is 7.09. The Kier molecular flexibility index (Phi) is 4.80. The van der Waals surface area contributed by atoms with Crippen molar-refractivity contribution in [3.63, 3.8) is 0 Å². The number of alkyl halides is 3. The van der Waals surface area contributed by atoms with E-state index >= 15 is 0 Å². The average molecular weight is 438 g/mol. The molecule has 1 aliphatic rings. The maximum atomic E-state index is 13.1. The Bertz CT molecular complexity index is 1250. The average Bonchev–Trinajstić information content (AvgIpc) is 2.71. The molecular formula is C21H17F3O5S. The minimum Gasteiger partial charge on any atom is -0.497 e. The molecule has 0 amide bonds. The van der Waals surface area contributed by atoms with E-state index in [1.807, 2.05) is 18.2 Å². The fraction of sp³-hybridized carbons (Fsp3) is 0.238. The predicted molar refractivity (Wildman–Crippen MR) is 105 cm³/mol. The molecule has 0 aromatic heterocycles. The van der Waals surface area contributed by atoms with Gasteiger partial charge in [-0.1, -0.05) is 12.1 Å². The van der Waals surface area contributed by atoms with Gasteiger partial charge in [0.25, 0.3) is 0 Å². The lowest BCUT2D eigenvalue weighted by Crippen LogP contribution is -2.28. The van der Waals surface area contributed by atoms with E-state index in [1.165, 1.54) is 13.2 Å². The van der Waals surface area contributed by atoms with Crippen LogP contribution in [-0.2, 0) is 23.0 Å². The van der Waals surface area contributed by atoms with Gasteiger partial charge in [-0.15, -0.1) is 0 Å². The maximum absolute atomic E-state index is 13.1. The molecule has 0 spiro atoms. The van der Waals surface area contributed by atoms with Gasteiger partial charge in [-0.3, -0.25) is 0 Å². The fourth-order valence-electron chi connectivity index (χ4n) is 3.68. The monoisotopic (exact) mass is 438 g/mol. The summed E-state index contributed by atoms with van der Waals surface area (Å²) >= 11 is 0. The van der Waals surface area contributed by atoms with Crippen LogP contribution >= 0.6 is 0 Å². The van der Waals surface area contributed by atoms with Gasteiger partial charge in [0.1, 0.15) is 11.5 Å². The highest BCUT2D eigenvalue weighted by Gasteiger charge is 2.49. The number of fused-ring (bicyclic) bond motifs is 4. The van der Waals surface area contributed by atoms with Crippen LogP contribution in [-0.4, -0.2) is 28.1 Å². The van der Waals surface area contributed by atoms with Crippen LogP contribution in [0.5, 0.6) is 17.2 Å². The van der Waals surface area contributed by atoms with Gasteiger partial charge in [0.2, 0.25) is 0 Å². The van der Waals surface area contributed by atoms with E-state index in [0.29, 0.717) is 40.9 Å². The largest absolute Gasteiger partial charge is 0.534 e. The van der Waals surface area contributed by atoms with Gasteiger partial charge >= 0.3 is 15.6 Å². The summed E-state index contributed by atoms with van der Waals surface area (Å²) in [4.78, 5) is 0. The molecule has 0 heterocycles. The Morgan fingerprint density at radius 2 is 1.53 bits per heavy atom. The second-order valence-electron chi connectivity index (χ2n) is 6.83. The Hall–Kier alpha value is -2.94. The van der Waals surface area contributed by atoms with Gasteiger partial charge in [-0.25, -0.2) is 0 Å². The van der Waals surface area contributed by atoms with Crippen molar-refractivity contribution in [2.45, 2.75) is 18.3 Å². The van der Waals surface area contributed by atoms with E-state index in [9.17, 15) is 21.6 Å². The van der Waals surface area contributed by atoms with Crippen molar-refractivity contribution in [1.82, 2.24) is 0 Å². The Morgan fingerprint density at radius 1 is 0.867 bits per heavy atom. The summed E-state index contributed by atoms with van der Waals surface area (Å²) in [7, 11) is -2.88. The number of hydrogen-bond acceptors (Lipinski definition) is 5. The minimum atomic E-state index is -5.84. The predicted octanol–water partition coefficient (Wildman–Crippen LogP) is 4.85. The van der Waals surface area contributed by atoms with Gasteiger partial charge in [0, 0.05) is 10.9 Å². The zero-order valence-corrected chi connectivity index (χ0v) is 16.9. The molecule has 0 bridgehead atoms. The van der Waals surface area contributed by atoms with Crippen LogP contribution in [0.25, 0.3) is 21.9 Å². The van der Waals surface area contributed by atoms with Crippen molar-refractivity contribution < 1.29 is 35.2 Å². The first-order valence-electron chi connectivity index (χ1n) is 8.96. The topological polar surface area (TPSA) is 61.8 Å². The standard InChI is InChI=1S/C21H17F3O5S/c1-27-14-6-8-16-12(9-14)4-7-17-19(16)10-13-3-5-15(28-2)11-18(13)20(17)29-30(25,26)21(22,23)24/h3,5-6,8-11H,4,7H2,1-2H3. The highest BCUT2D eigenvalue weighted by Crippen LogP contribution is 2.45. The molecule has 3 aromatic carbocycles. The lowest BCUT2D eigenvalue weighted by Gasteiger charge is -2.24. The highest BCUT2D eigenvalue weighted by atomic mass is 32.2. The number of methoxy groups -OCH3 is 2. The third-order valence-electron chi connectivity index (χ3n) is 5.13. The van der Waals surface area contributed by atoms with Crippen LogP contribution in [0.1, 0.15) is 11.1 Å². The Labute approximate surface area is 171 Å². The molecular weight excluding hydrogens is 421 g/mol. The van der Waals surface area contributed by atoms with Crippen molar-refractivity contribution in [3.05, 3.63) is 53.6 Å². The lowest BCUT2D eigenvalue weighted by atomic mass is 9.83. The Balaban J connectivity index is 2.01. The number of benzene rings is 3. The fourth-order valence-corrected chi connectivity index (χ4v) is 4.18. The van der Waals surface area contributed by atoms with Crippen molar-refractivity contribution >= 4 is 20.9 Å². The third kappa shape index (κ3) is 3.32. The first-order chi connectivity index (χ1) is 14.1. The number of hydrogen-bond donors (Lipinski definition) is 0. The smallest absolute Gasteiger partial charge is 0.497 e. The van der Waals surface area contributed by atoms with E-state index in [-0.39, 0.29) is 11.1 Å². The molecule has 158 valence electrons. The van der Waals surface area contributed by atoms with Crippen LogP contribution in [0.2, 0.25) is 0 Å². The van der Waals surface area contributed by atoms with Crippen LogP contribution in [0.15, 0.2) is 42.5 Å². The van der Waals surface area contributed by atoms with E-state index in [1.54, 1.807) is 25.3 Å². The molecule has 1 aliphatic carbocycles. The molecule has 0 fully saturated rings. The summed E-state index contributed by atoms with van der Waals surface area (Å²) in [5, 5.41) is 0.767. The van der Waals surface area contributed by atoms with Crippen LogP contribution in [0.4, 0.5) is 13.2 Å². The van der Waals surface area contributed by atoms with E-state index < -0.39 is 15.6 Å². The van der Waals surface area contributed by atoms with E-state index in [0.717, 1.165) is 11.1 Å². The van der Waals surface area contributed by atoms with Crippen molar-refractivity contribution in [3.8, 4) is 28.4 Å². The molecule has 0 N–H and O–H groups in total. The minimum absolute atomic E-state index is 0.234. The quantitative estimate of drug-likeness (QED) is 0.431. The molecule has 4 rings (SSSR count). The molecule has 0 saturated carbocycles. The maximum Gasteiger partial charge on any atom is 0.534 e. The molecule has 9 heteroatoms. The highest BCUT2D eigenvalue weighted by molar-refractivity contribution is 7.88. The second-order valence-corrected chi connectivity index (χ2v) is 8.36. The van der Waals surface area contributed by atoms with Gasteiger partial charge in [0.05, 0.1) is 14.2 Å². The summed E-state index contributed by atoms with van der Waals surface area (Å²) in [6, 6.07) is 12.0. The SMILES string of the molecule is COc1ccc2c(c1)CCc1c-2cc2ccc(OC)cc2c1OS(=O)(=O)C(F)(F)F. The molecule has 0 aliphatic heterocycles. The third-order valence-corrected chi connectivity index (χ3v) is 6.08. The van der Waals surface area contributed by atoms with Gasteiger partial charge in [-0.2, -0.15) is 21.6 Å². The molecule has 5 nitrogen and oxygen atoms in total. The Morgan fingerprint density at radius 3 is 2.20 bits per heavy atom. The summed E-state index contributed by atoms with van der Waals surface area (Å²) < 4.78 is 78.0. The summed E-state index contributed by atoms with van der Waals surface area (Å²) in [6.45, 7) is 0.